The molecule has 0 radical (unpaired) electrons. The van der Waals surface area contributed by atoms with Crippen molar-refractivity contribution in [1.29, 1.82) is 0 Å². The van der Waals surface area contributed by atoms with Crippen molar-refractivity contribution in [1.82, 2.24) is 15.4 Å². The number of hydrogen-bond acceptors (Lipinski definition) is 4. The van der Waals surface area contributed by atoms with Gasteiger partial charge in [-0.25, -0.2) is 5.01 Å². The van der Waals surface area contributed by atoms with Crippen LogP contribution < -0.4 is 5.43 Å². The van der Waals surface area contributed by atoms with E-state index in [0.717, 1.165) is 10.6 Å². The number of hydrogen-bond donors (Lipinski definition) is 1. The normalized spacial score (nSPS) is 10.3. The SMILES string of the molecule is O=CCN(NC(=O)c1ccccn1)C(=O)C=Cc1ccccc1. The number of rotatable bonds is 5. The van der Waals surface area contributed by atoms with Crippen LogP contribution in [0.1, 0.15) is 16.1 Å². The quantitative estimate of drug-likeness (QED) is 0.515. The minimum absolute atomic E-state index is 0.156. The molecule has 116 valence electrons. The molecule has 6 nitrogen and oxygen atoms in total. The highest BCUT2D eigenvalue weighted by atomic mass is 16.2. The zero-order chi connectivity index (χ0) is 16.5. The molecule has 2 amide bonds. The van der Waals surface area contributed by atoms with Crippen LogP contribution in [-0.2, 0) is 9.59 Å². The summed E-state index contributed by atoms with van der Waals surface area (Å²) in [6.07, 6.45) is 4.90. The minimum Gasteiger partial charge on any atom is -0.301 e. The van der Waals surface area contributed by atoms with Gasteiger partial charge in [0.05, 0.1) is 6.54 Å². The molecule has 1 N–H and O–H groups in total. The zero-order valence-corrected chi connectivity index (χ0v) is 12.3. The van der Waals surface area contributed by atoms with E-state index in [0.29, 0.717) is 6.29 Å². The van der Waals surface area contributed by atoms with Crippen molar-refractivity contribution in [2.75, 3.05) is 6.54 Å². The smallest absolute Gasteiger partial charge is 0.288 e. The van der Waals surface area contributed by atoms with Crippen molar-refractivity contribution in [3.8, 4) is 0 Å². The maximum Gasteiger partial charge on any atom is 0.288 e. The van der Waals surface area contributed by atoms with Crippen molar-refractivity contribution >= 4 is 24.2 Å². The van der Waals surface area contributed by atoms with E-state index in [4.69, 9.17) is 0 Å². The second-order valence-electron chi connectivity index (χ2n) is 4.52. The fraction of sp³-hybridized carbons (Fsp3) is 0.0588. The maximum atomic E-state index is 12.1. The summed E-state index contributed by atoms with van der Waals surface area (Å²) in [6.45, 7) is -0.253. The summed E-state index contributed by atoms with van der Waals surface area (Å²) in [5.41, 5.74) is 3.36. The average molecular weight is 309 g/mol. The Morgan fingerprint density at radius 2 is 1.83 bits per heavy atom. The second kappa shape index (κ2) is 8.23. The van der Waals surface area contributed by atoms with Crippen LogP contribution in [0.3, 0.4) is 0 Å². The lowest BCUT2D eigenvalue weighted by atomic mass is 10.2. The number of nitrogens with zero attached hydrogens (tertiary/aromatic N) is 2. The zero-order valence-electron chi connectivity index (χ0n) is 12.3. The molecule has 0 aliphatic rings. The number of nitrogens with one attached hydrogen (secondary N) is 1. The first-order valence-electron chi connectivity index (χ1n) is 6.91. The Kier molecular flexibility index (Phi) is 5.76. The van der Waals surface area contributed by atoms with Gasteiger partial charge < -0.3 is 4.79 Å². The number of pyridine rings is 1. The first kappa shape index (κ1) is 16.1. The lowest BCUT2D eigenvalue weighted by Gasteiger charge is -2.19. The van der Waals surface area contributed by atoms with Crippen LogP contribution >= 0.6 is 0 Å². The van der Waals surface area contributed by atoms with Gasteiger partial charge in [0.25, 0.3) is 11.8 Å². The molecule has 0 aliphatic carbocycles. The van der Waals surface area contributed by atoms with E-state index in [2.05, 4.69) is 10.4 Å². The first-order valence-corrected chi connectivity index (χ1v) is 6.91. The third-order valence-corrected chi connectivity index (χ3v) is 2.88. The summed E-state index contributed by atoms with van der Waals surface area (Å²) in [7, 11) is 0. The van der Waals surface area contributed by atoms with Gasteiger partial charge >= 0.3 is 0 Å². The molecule has 0 saturated heterocycles. The average Bonchev–Trinajstić information content (AvgIpc) is 2.61. The molecule has 1 aromatic carbocycles. The topological polar surface area (TPSA) is 79.4 Å². The van der Waals surface area contributed by atoms with Gasteiger partial charge in [0.1, 0.15) is 12.0 Å². The molecule has 0 atom stereocenters. The van der Waals surface area contributed by atoms with Gasteiger partial charge in [0.15, 0.2) is 0 Å². The molecule has 2 aromatic rings. The summed E-state index contributed by atoms with van der Waals surface area (Å²) in [6, 6.07) is 14.1. The molecule has 0 spiro atoms. The van der Waals surface area contributed by atoms with Gasteiger partial charge in [0, 0.05) is 12.3 Å². The number of aldehydes is 1. The van der Waals surface area contributed by atoms with E-state index < -0.39 is 11.8 Å². The number of aromatic nitrogens is 1. The van der Waals surface area contributed by atoms with Crippen LogP contribution in [0, 0.1) is 0 Å². The molecule has 1 heterocycles. The predicted octanol–water partition coefficient (Wildman–Crippen LogP) is 1.47. The Hall–Kier alpha value is -3.28. The predicted molar refractivity (Wildman–Crippen MR) is 85.0 cm³/mol. The summed E-state index contributed by atoms with van der Waals surface area (Å²) in [4.78, 5) is 38.7. The number of benzene rings is 1. The standard InChI is InChI=1S/C17H15N3O3/c21-13-12-20(19-17(23)15-8-4-5-11-18-15)16(22)10-9-14-6-2-1-3-7-14/h1-11,13H,12H2,(H,19,23). The van der Waals surface area contributed by atoms with E-state index >= 15 is 0 Å². The lowest BCUT2D eigenvalue weighted by Crippen LogP contribution is -2.46. The van der Waals surface area contributed by atoms with E-state index in [1.54, 1.807) is 18.2 Å². The molecule has 0 aliphatic heterocycles. The molecular formula is C17H15N3O3. The van der Waals surface area contributed by atoms with Crippen molar-refractivity contribution in [3.63, 3.8) is 0 Å². The van der Waals surface area contributed by atoms with Crippen LogP contribution in [0.15, 0.2) is 60.8 Å². The number of carbonyl (C=O) groups excluding carboxylic acids is 3. The molecule has 1 aromatic heterocycles. The van der Waals surface area contributed by atoms with Crippen LogP contribution in [0.25, 0.3) is 6.08 Å². The van der Waals surface area contributed by atoms with Gasteiger partial charge in [-0.05, 0) is 23.8 Å². The molecule has 0 bridgehead atoms. The van der Waals surface area contributed by atoms with Crippen LogP contribution in [0.4, 0.5) is 0 Å². The summed E-state index contributed by atoms with van der Waals surface area (Å²) in [5, 5.41) is 0.934. The Bertz CT molecular complexity index is 700. The third kappa shape index (κ3) is 4.89. The van der Waals surface area contributed by atoms with Gasteiger partial charge in [-0.1, -0.05) is 36.4 Å². The highest BCUT2D eigenvalue weighted by molar-refractivity contribution is 5.97. The molecule has 6 heteroatoms. The molecule has 0 saturated carbocycles. The highest BCUT2D eigenvalue weighted by Crippen LogP contribution is 2.02. The Labute approximate surface area is 133 Å². The van der Waals surface area contributed by atoms with Crippen molar-refractivity contribution in [3.05, 3.63) is 72.1 Å². The fourth-order valence-corrected chi connectivity index (χ4v) is 1.76. The number of carbonyl (C=O) groups is 3. The van der Waals surface area contributed by atoms with E-state index in [1.807, 2.05) is 30.3 Å². The van der Waals surface area contributed by atoms with Crippen LogP contribution in [0.2, 0.25) is 0 Å². The van der Waals surface area contributed by atoms with Crippen molar-refractivity contribution in [2.24, 2.45) is 0 Å². The lowest BCUT2D eigenvalue weighted by molar-refractivity contribution is -0.130. The summed E-state index contributed by atoms with van der Waals surface area (Å²) in [5.74, 6) is -1.07. The summed E-state index contributed by atoms with van der Waals surface area (Å²) < 4.78 is 0. The molecule has 0 fully saturated rings. The Balaban J connectivity index is 2.05. The van der Waals surface area contributed by atoms with E-state index in [9.17, 15) is 14.4 Å². The molecule has 0 unspecified atom stereocenters. The largest absolute Gasteiger partial charge is 0.301 e. The fourth-order valence-electron chi connectivity index (χ4n) is 1.76. The van der Waals surface area contributed by atoms with Gasteiger partial charge in [-0.3, -0.25) is 20.0 Å². The molecule has 23 heavy (non-hydrogen) atoms. The molecule has 2 rings (SSSR count). The monoisotopic (exact) mass is 309 g/mol. The van der Waals surface area contributed by atoms with Gasteiger partial charge in [-0.2, -0.15) is 0 Å². The number of amides is 2. The van der Waals surface area contributed by atoms with E-state index in [-0.39, 0.29) is 12.2 Å². The molecular weight excluding hydrogens is 294 g/mol. The van der Waals surface area contributed by atoms with Crippen LogP contribution in [-0.4, -0.2) is 34.6 Å². The van der Waals surface area contributed by atoms with Crippen LogP contribution in [0.5, 0.6) is 0 Å². The van der Waals surface area contributed by atoms with Crippen molar-refractivity contribution in [2.45, 2.75) is 0 Å². The Morgan fingerprint density at radius 3 is 2.48 bits per heavy atom. The van der Waals surface area contributed by atoms with Crippen molar-refractivity contribution < 1.29 is 14.4 Å². The maximum absolute atomic E-state index is 12.1. The number of hydrazine groups is 1. The Morgan fingerprint density at radius 1 is 1.09 bits per heavy atom. The van der Waals surface area contributed by atoms with Gasteiger partial charge in [0.2, 0.25) is 0 Å². The van der Waals surface area contributed by atoms with E-state index in [1.165, 1.54) is 18.3 Å². The van der Waals surface area contributed by atoms with Gasteiger partial charge in [-0.15, -0.1) is 0 Å². The minimum atomic E-state index is -0.561. The second-order valence-corrected chi connectivity index (χ2v) is 4.52. The highest BCUT2D eigenvalue weighted by Gasteiger charge is 2.15. The summed E-state index contributed by atoms with van der Waals surface area (Å²) >= 11 is 0. The first-order chi connectivity index (χ1) is 11.2. The third-order valence-electron chi connectivity index (χ3n) is 2.88.